The van der Waals surface area contributed by atoms with E-state index in [9.17, 15) is 9.59 Å². The first-order chi connectivity index (χ1) is 16.6. The number of rotatable bonds is 10. The van der Waals surface area contributed by atoms with E-state index >= 15 is 0 Å². The number of thioether (sulfide) groups is 1. The Morgan fingerprint density at radius 2 is 1.88 bits per heavy atom. The number of amides is 2. The van der Waals surface area contributed by atoms with E-state index in [1.807, 2.05) is 19.1 Å². The van der Waals surface area contributed by atoms with Gasteiger partial charge in [-0.15, -0.1) is 10.2 Å². The predicted octanol–water partition coefficient (Wildman–Crippen LogP) is 4.30. The van der Waals surface area contributed by atoms with E-state index in [2.05, 4.69) is 20.8 Å². The minimum atomic E-state index is -0.328. The Morgan fingerprint density at radius 3 is 2.65 bits per heavy atom. The van der Waals surface area contributed by atoms with Gasteiger partial charge in [0, 0.05) is 5.69 Å². The van der Waals surface area contributed by atoms with Gasteiger partial charge < -0.3 is 24.4 Å². The quantitative estimate of drug-likeness (QED) is 0.328. The van der Waals surface area contributed by atoms with Gasteiger partial charge in [0.25, 0.3) is 5.91 Å². The fourth-order valence-electron chi connectivity index (χ4n) is 3.14. The van der Waals surface area contributed by atoms with Crippen LogP contribution in [0, 0.1) is 0 Å². The average molecular weight is 478 g/mol. The number of aromatic nitrogens is 3. The van der Waals surface area contributed by atoms with Crippen molar-refractivity contribution in [3.63, 3.8) is 0 Å². The third kappa shape index (κ3) is 6.04. The molecule has 10 heteroatoms. The fourth-order valence-corrected chi connectivity index (χ4v) is 3.86. The number of nitrogens with zero attached hydrogens (tertiary/aromatic N) is 3. The number of hydrogen-bond acceptors (Lipinski definition) is 7. The zero-order valence-corrected chi connectivity index (χ0v) is 19.2. The first-order valence-corrected chi connectivity index (χ1v) is 11.6. The topological polar surface area (TPSA) is 111 Å². The Hall–Kier alpha value is -4.05. The van der Waals surface area contributed by atoms with Crippen LogP contribution >= 0.6 is 11.8 Å². The number of nitrogens with one attached hydrogen (secondary N) is 2. The molecule has 2 heterocycles. The number of para-hydroxylation sites is 1. The number of hydrogen-bond donors (Lipinski definition) is 2. The molecule has 0 atom stereocenters. The summed E-state index contributed by atoms with van der Waals surface area (Å²) in [6.45, 7) is 2.95. The zero-order chi connectivity index (χ0) is 23.8. The number of ether oxygens (including phenoxy) is 1. The molecule has 0 aliphatic carbocycles. The molecule has 4 aromatic rings. The van der Waals surface area contributed by atoms with Crippen molar-refractivity contribution in [1.29, 1.82) is 0 Å². The Morgan fingerprint density at radius 1 is 1.06 bits per heavy atom. The van der Waals surface area contributed by atoms with Gasteiger partial charge in [-0.2, -0.15) is 0 Å². The molecule has 0 spiro atoms. The number of benzene rings is 2. The van der Waals surface area contributed by atoms with Crippen molar-refractivity contribution in [1.82, 2.24) is 14.8 Å². The van der Waals surface area contributed by atoms with Crippen LogP contribution in [0.25, 0.3) is 0 Å². The number of carbonyl (C=O) groups is 2. The van der Waals surface area contributed by atoms with Crippen LogP contribution in [-0.4, -0.2) is 38.9 Å². The maximum Gasteiger partial charge on any atom is 0.257 e. The second-order valence-corrected chi connectivity index (χ2v) is 8.06. The molecule has 34 heavy (non-hydrogen) atoms. The molecule has 0 aliphatic rings. The molecule has 0 bridgehead atoms. The van der Waals surface area contributed by atoms with Crippen molar-refractivity contribution in [3.05, 3.63) is 84.6 Å². The second-order valence-electron chi connectivity index (χ2n) is 7.11. The van der Waals surface area contributed by atoms with Crippen LogP contribution in [0.15, 0.2) is 82.8 Å². The van der Waals surface area contributed by atoms with Gasteiger partial charge in [0.05, 0.1) is 36.4 Å². The molecule has 2 aromatic carbocycles. The summed E-state index contributed by atoms with van der Waals surface area (Å²) in [5, 5.41) is 14.2. The van der Waals surface area contributed by atoms with Gasteiger partial charge in [0.15, 0.2) is 5.16 Å². The minimum Gasteiger partial charge on any atom is -0.494 e. The predicted molar refractivity (Wildman–Crippen MR) is 129 cm³/mol. The van der Waals surface area contributed by atoms with Gasteiger partial charge in [-0.25, -0.2) is 0 Å². The summed E-state index contributed by atoms with van der Waals surface area (Å²) >= 11 is 1.25. The standard InChI is InChI=1S/C24H23N5O4S/c1-2-32-18-11-9-17(10-12-18)26-23(31)20-7-3-4-8-21(20)27-22(30)15-34-24-28-25-16-29(24)14-19-6-5-13-33-19/h3-13,16H,2,14-15H2,1H3,(H,26,31)(H,27,30). The van der Waals surface area contributed by atoms with Crippen LogP contribution in [0.3, 0.4) is 0 Å². The van der Waals surface area contributed by atoms with E-state index in [1.54, 1.807) is 65.7 Å². The molecule has 0 radical (unpaired) electrons. The van der Waals surface area contributed by atoms with E-state index in [0.29, 0.717) is 35.2 Å². The third-order valence-electron chi connectivity index (χ3n) is 4.69. The van der Waals surface area contributed by atoms with Crippen molar-refractivity contribution >= 4 is 35.0 Å². The van der Waals surface area contributed by atoms with Gasteiger partial charge in [-0.3, -0.25) is 9.59 Å². The molecule has 9 nitrogen and oxygen atoms in total. The van der Waals surface area contributed by atoms with Crippen LogP contribution < -0.4 is 15.4 Å². The van der Waals surface area contributed by atoms with E-state index in [4.69, 9.17) is 9.15 Å². The molecule has 0 aliphatic heterocycles. The first-order valence-electron chi connectivity index (χ1n) is 10.6. The number of furan rings is 1. The van der Waals surface area contributed by atoms with E-state index in [0.717, 1.165) is 11.5 Å². The highest BCUT2D eigenvalue weighted by atomic mass is 32.2. The lowest BCUT2D eigenvalue weighted by Crippen LogP contribution is -2.19. The van der Waals surface area contributed by atoms with Crippen molar-refractivity contribution in [3.8, 4) is 5.75 Å². The van der Waals surface area contributed by atoms with Gasteiger partial charge >= 0.3 is 0 Å². The summed E-state index contributed by atoms with van der Waals surface area (Å²) in [5.41, 5.74) is 1.41. The molecule has 2 N–H and O–H groups in total. The molecule has 174 valence electrons. The van der Waals surface area contributed by atoms with Gasteiger partial charge in [-0.1, -0.05) is 23.9 Å². The van der Waals surface area contributed by atoms with Crippen LogP contribution in [0.4, 0.5) is 11.4 Å². The molecule has 0 unspecified atom stereocenters. The summed E-state index contributed by atoms with van der Waals surface area (Å²) < 4.78 is 12.6. The van der Waals surface area contributed by atoms with Crippen molar-refractivity contribution in [2.24, 2.45) is 0 Å². The van der Waals surface area contributed by atoms with Crippen LogP contribution in [0.5, 0.6) is 5.75 Å². The van der Waals surface area contributed by atoms with Crippen molar-refractivity contribution < 1.29 is 18.7 Å². The zero-order valence-electron chi connectivity index (χ0n) is 18.4. The van der Waals surface area contributed by atoms with E-state index < -0.39 is 0 Å². The van der Waals surface area contributed by atoms with Crippen LogP contribution in [0.1, 0.15) is 23.0 Å². The van der Waals surface area contributed by atoms with E-state index in [1.165, 1.54) is 11.8 Å². The maximum absolute atomic E-state index is 12.8. The van der Waals surface area contributed by atoms with Gasteiger partial charge in [0.2, 0.25) is 5.91 Å². The lowest BCUT2D eigenvalue weighted by molar-refractivity contribution is -0.113. The van der Waals surface area contributed by atoms with Gasteiger partial charge in [-0.05, 0) is 55.5 Å². The highest BCUT2D eigenvalue weighted by Gasteiger charge is 2.15. The largest absolute Gasteiger partial charge is 0.494 e. The Bertz CT molecular complexity index is 1240. The molecule has 2 aromatic heterocycles. The fraction of sp³-hybridized carbons (Fsp3) is 0.167. The summed E-state index contributed by atoms with van der Waals surface area (Å²) in [6, 6.07) is 17.6. The smallest absolute Gasteiger partial charge is 0.257 e. The molecule has 4 rings (SSSR count). The first kappa shape index (κ1) is 23.1. The van der Waals surface area contributed by atoms with Crippen LogP contribution in [-0.2, 0) is 11.3 Å². The highest BCUT2D eigenvalue weighted by molar-refractivity contribution is 7.99. The lowest BCUT2D eigenvalue weighted by atomic mass is 10.1. The minimum absolute atomic E-state index is 0.103. The molecule has 2 amide bonds. The molecular formula is C24H23N5O4S. The molecule has 0 fully saturated rings. The summed E-state index contributed by atoms with van der Waals surface area (Å²) in [4.78, 5) is 25.5. The SMILES string of the molecule is CCOc1ccc(NC(=O)c2ccccc2NC(=O)CSc2nncn2Cc2ccco2)cc1. The molecular weight excluding hydrogens is 454 g/mol. The maximum atomic E-state index is 12.8. The molecule has 0 saturated carbocycles. The van der Waals surface area contributed by atoms with Crippen molar-refractivity contribution in [2.75, 3.05) is 23.0 Å². The Kier molecular flexibility index (Phi) is 7.61. The van der Waals surface area contributed by atoms with Crippen molar-refractivity contribution in [2.45, 2.75) is 18.6 Å². The number of anilines is 2. The monoisotopic (exact) mass is 477 g/mol. The van der Waals surface area contributed by atoms with Crippen LogP contribution in [0.2, 0.25) is 0 Å². The third-order valence-corrected chi connectivity index (χ3v) is 5.67. The Labute approximate surface area is 200 Å². The van der Waals surface area contributed by atoms with E-state index in [-0.39, 0.29) is 17.6 Å². The van der Waals surface area contributed by atoms with Gasteiger partial charge in [0.1, 0.15) is 17.8 Å². The summed E-state index contributed by atoms with van der Waals surface area (Å²) in [7, 11) is 0. The summed E-state index contributed by atoms with van der Waals surface area (Å²) in [5.74, 6) is 1.00. The normalized spacial score (nSPS) is 10.6. The lowest BCUT2D eigenvalue weighted by Gasteiger charge is -2.12. The highest BCUT2D eigenvalue weighted by Crippen LogP contribution is 2.21. The molecule has 0 saturated heterocycles. The number of carbonyl (C=O) groups excluding carboxylic acids is 2. The second kappa shape index (κ2) is 11.2. The summed E-state index contributed by atoms with van der Waals surface area (Å²) in [6.07, 6.45) is 3.19. The Balaban J connectivity index is 1.36. The average Bonchev–Trinajstić information content (AvgIpc) is 3.52.